The van der Waals surface area contributed by atoms with Crippen LogP contribution in [-0.2, 0) is 16.1 Å². The molecular formula is C11H16BrClN2O2S. The molecular weight excluding hydrogens is 340 g/mol. The molecule has 0 bridgehead atoms. The Kier molecular flexibility index (Phi) is 6.59. The van der Waals surface area contributed by atoms with Crippen molar-refractivity contribution in [2.75, 3.05) is 26.7 Å². The van der Waals surface area contributed by atoms with Gasteiger partial charge in [0.2, 0.25) is 0 Å². The highest BCUT2D eigenvalue weighted by Crippen LogP contribution is 2.23. The Labute approximate surface area is 125 Å². The summed E-state index contributed by atoms with van der Waals surface area (Å²) in [6.07, 6.45) is -0.336. The maximum absolute atomic E-state index is 12.1. The molecule has 0 spiro atoms. The molecule has 2 heterocycles. The van der Waals surface area contributed by atoms with E-state index in [-0.39, 0.29) is 24.4 Å². The van der Waals surface area contributed by atoms with Crippen molar-refractivity contribution in [3.8, 4) is 0 Å². The Balaban J connectivity index is 0.00000162. The number of ether oxygens (including phenoxy) is 1. The van der Waals surface area contributed by atoms with E-state index in [0.717, 1.165) is 15.2 Å². The first-order chi connectivity index (χ1) is 8.16. The molecule has 1 atom stereocenters. The molecule has 1 saturated heterocycles. The van der Waals surface area contributed by atoms with Gasteiger partial charge in [0.05, 0.1) is 16.9 Å². The number of carbonyl (C=O) groups excluding carboxylic acids is 1. The molecule has 1 fully saturated rings. The lowest BCUT2D eigenvalue weighted by atomic mass is 10.2. The van der Waals surface area contributed by atoms with Crippen LogP contribution in [0.3, 0.4) is 0 Å². The van der Waals surface area contributed by atoms with E-state index >= 15 is 0 Å². The Morgan fingerprint density at radius 1 is 1.67 bits per heavy atom. The Morgan fingerprint density at radius 2 is 2.44 bits per heavy atom. The molecule has 1 aliphatic rings. The second kappa shape index (κ2) is 7.45. The average Bonchev–Trinajstić information content (AvgIpc) is 2.75. The van der Waals surface area contributed by atoms with Gasteiger partial charge in [0.25, 0.3) is 5.91 Å². The topological polar surface area (TPSA) is 41.6 Å². The van der Waals surface area contributed by atoms with E-state index in [0.29, 0.717) is 19.7 Å². The minimum absolute atomic E-state index is 0. The number of halogens is 2. The molecule has 4 nitrogen and oxygen atoms in total. The zero-order chi connectivity index (χ0) is 12.3. The number of hydrogen-bond acceptors (Lipinski definition) is 4. The smallest absolute Gasteiger partial charge is 0.253 e. The molecule has 1 aromatic heterocycles. The van der Waals surface area contributed by atoms with Gasteiger partial charge in [-0.1, -0.05) is 0 Å². The predicted molar refractivity (Wildman–Crippen MR) is 78.4 cm³/mol. The number of nitrogens with one attached hydrogen (secondary N) is 1. The molecule has 0 radical (unpaired) electrons. The Bertz CT molecular complexity index is 396. The molecule has 0 saturated carbocycles. The lowest BCUT2D eigenvalue weighted by molar-refractivity contribution is -0.144. The zero-order valence-electron chi connectivity index (χ0n) is 10.0. The average molecular weight is 356 g/mol. The van der Waals surface area contributed by atoms with E-state index in [2.05, 4.69) is 21.2 Å². The van der Waals surface area contributed by atoms with Crippen molar-refractivity contribution in [1.29, 1.82) is 0 Å². The maximum atomic E-state index is 12.1. The highest BCUT2D eigenvalue weighted by Gasteiger charge is 2.24. The quantitative estimate of drug-likeness (QED) is 0.900. The van der Waals surface area contributed by atoms with E-state index in [9.17, 15) is 4.79 Å². The first-order valence-corrected chi connectivity index (χ1v) is 7.09. The second-order valence-corrected chi connectivity index (χ2v) is 6.51. The fourth-order valence-electron chi connectivity index (χ4n) is 1.72. The standard InChI is InChI=1S/C11H15BrN2O2S.ClH/c1-14(7-8-2-3-10(12)17-8)11(15)9-6-13-4-5-16-9;/h2-3,9,13H,4-7H2,1H3;1H. The monoisotopic (exact) mass is 354 g/mol. The fourth-order valence-corrected chi connectivity index (χ4v) is 3.25. The number of rotatable bonds is 3. The van der Waals surface area contributed by atoms with Crippen molar-refractivity contribution in [2.45, 2.75) is 12.6 Å². The summed E-state index contributed by atoms with van der Waals surface area (Å²) in [4.78, 5) is 14.9. The van der Waals surface area contributed by atoms with Gasteiger partial charge in [0.1, 0.15) is 6.10 Å². The maximum Gasteiger partial charge on any atom is 0.253 e. The predicted octanol–water partition coefficient (Wildman–Crippen LogP) is 1.88. The van der Waals surface area contributed by atoms with E-state index in [4.69, 9.17) is 4.74 Å². The molecule has 1 aromatic rings. The van der Waals surface area contributed by atoms with Gasteiger partial charge in [0, 0.05) is 25.0 Å². The van der Waals surface area contributed by atoms with Crippen molar-refractivity contribution in [3.63, 3.8) is 0 Å². The molecule has 1 aliphatic heterocycles. The van der Waals surface area contributed by atoms with Crippen LogP contribution in [0.4, 0.5) is 0 Å². The minimum atomic E-state index is -0.336. The van der Waals surface area contributed by atoms with Crippen LogP contribution >= 0.6 is 39.7 Å². The largest absolute Gasteiger partial charge is 0.366 e. The van der Waals surface area contributed by atoms with Crippen LogP contribution in [-0.4, -0.2) is 43.7 Å². The second-order valence-electron chi connectivity index (χ2n) is 3.96. The number of nitrogens with zero attached hydrogens (tertiary/aromatic N) is 1. The van der Waals surface area contributed by atoms with Crippen LogP contribution in [0.5, 0.6) is 0 Å². The molecule has 0 aromatic carbocycles. The van der Waals surface area contributed by atoms with E-state index in [1.165, 1.54) is 0 Å². The normalized spacial score (nSPS) is 19.1. The van der Waals surface area contributed by atoms with E-state index in [1.807, 2.05) is 19.2 Å². The van der Waals surface area contributed by atoms with Crippen molar-refractivity contribution < 1.29 is 9.53 Å². The molecule has 0 aliphatic carbocycles. The number of carbonyl (C=O) groups is 1. The third kappa shape index (κ3) is 4.20. The molecule has 1 unspecified atom stereocenters. The molecule has 1 N–H and O–H groups in total. The van der Waals surface area contributed by atoms with Gasteiger partial charge in [-0.15, -0.1) is 23.7 Å². The number of thiophene rings is 1. The van der Waals surface area contributed by atoms with Crippen molar-refractivity contribution >= 4 is 45.6 Å². The van der Waals surface area contributed by atoms with Crippen LogP contribution in [0.2, 0.25) is 0 Å². The molecule has 1 amide bonds. The lowest BCUT2D eigenvalue weighted by Gasteiger charge is -2.27. The third-order valence-corrected chi connectivity index (χ3v) is 4.21. The summed E-state index contributed by atoms with van der Waals surface area (Å²) in [5.74, 6) is 0.0433. The highest BCUT2D eigenvalue weighted by atomic mass is 79.9. The number of likely N-dealkylation sites (N-methyl/N-ethyl adjacent to an activating group) is 1. The van der Waals surface area contributed by atoms with Gasteiger partial charge < -0.3 is 15.0 Å². The minimum Gasteiger partial charge on any atom is -0.366 e. The van der Waals surface area contributed by atoms with Crippen LogP contribution in [0.15, 0.2) is 15.9 Å². The fraction of sp³-hybridized carbons (Fsp3) is 0.545. The van der Waals surface area contributed by atoms with Crippen molar-refractivity contribution in [3.05, 3.63) is 20.8 Å². The third-order valence-electron chi connectivity index (χ3n) is 2.60. The highest BCUT2D eigenvalue weighted by molar-refractivity contribution is 9.11. The molecule has 2 rings (SSSR count). The van der Waals surface area contributed by atoms with E-state index < -0.39 is 0 Å². The van der Waals surface area contributed by atoms with Gasteiger partial charge in [-0.05, 0) is 28.1 Å². The van der Waals surface area contributed by atoms with E-state index in [1.54, 1.807) is 16.2 Å². The van der Waals surface area contributed by atoms with Gasteiger partial charge >= 0.3 is 0 Å². The van der Waals surface area contributed by atoms with Gasteiger partial charge in [-0.25, -0.2) is 0 Å². The first-order valence-electron chi connectivity index (χ1n) is 5.48. The summed E-state index contributed by atoms with van der Waals surface area (Å²) in [5.41, 5.74) is 0. The zero-order valence-corrected chi connectivity index (χ0v) is 13.2. The van der Waals surface area contributed by atoms with Crippen LogP contribution in [0.1, 0.15) is 4.88 Å². The Morgan fingerprint density at radius 3 is 3.00 bits per heavy atom. The van der Waals surface area contributed by atoms with Crippen LogP contribution < -0.4 is 5.32 Å². The summed E-state index contributed by atoms with van der Waals surface area (Å²) in [5, 5.41) is 3.16. The van der Waals surface area contributed by atoms with Gasteiger partial charge in [-0.2, -0.15) is 0 Å². The number of amides is 1. The molecule has 18 heavy (non-hydrogen) atoms. The molecule has 7 heteroatoms. The van der Waals surface area contributed by atoms with Crippen LogP contribution in [0.25, 0.3) is 0 Å². The Hall–Kier alpha value is -0.140. The SMILES string of the molecule is CN(Cc1ccc(Br)s1)C(=O)C1CNCCO1.Cl. The summed E-state index contributed by atoms with van der Waals surface area (Å²) < 4.78 is 6.53. The van der Waals surface area contributed by atoms with Crippen molar-refractivity contribution in [2.24, 2.45) is 0 Å². The summed E-state index contributed by atoms with van der Waals surface area (Å²) in [7, 11) is 1.81. The summed E-state index contributed by atoms with van der Waals surface area (Å²) >= 11 is 5.06. The van der Waals surface area contributed by atoms with Gasteiger partial charge in [0.15, 0.2) is 0 Å². The molecule has 102 valence electrons. The van der Waals surface area contributed by atoms with Gasteiger partial charge in [-0.3, -0.25) is 4.79 Å². The summed E-state index contributed by atoms with van der Waals surface area (Å²) in [6.45, 7) is 2.67. The number of morpholine rings is 1. The number of hydrogen-bond donors (Lipinski definition) is 1. The lowest BCUT2D eigenvalue weighted by Crippen LogP contribution is -2.48. The summed E-state index contributed by atoms with van der Waals surface area (Å²) in [6, 6.07) is 4.02. The van der Waals surface area contributed by atoms with Crippen molar-refractivity contribution in [1.82, 2.24) is 10.2 Å². The van der Waals surface area contributed by atoms with Crippen LogP contribution in [0, 0.1) is 0 Å². The first kappa shape index (κ1) is 15.9.